The Morgan fingerprint density at radius 1 is 1.03 bits per heavy atom. The first-order chi connectivity index (χ1) is 13.9. The van der Waals surface area contributed by atoms with E-state index in [0.29, 0.717) is 20.9 Å². The van der Waals surface area contributed by atoms with Gasteiger partial charge in [0.15, 0.2) is 5.13 Å². The number of nitro groups is 1. The molecule has 0 saturated carbocycles. The summed E-state index contributed by atoms with van der Waals surface area (Å²) in [6.45, 7) is 1.99. The van der Waals surface area contributed by atoms with Gasteiger partial charge in [-0.05, 0) is 42.8 Å². The number of benzene rings is 2. The summed E-state index contributed by atoms with van der Waals surface area (Å²) in [5.74, 6) is 0.0474. The summed E-state index contributed by atoms with van der Waals surface area (Å²) in [6, 6.07) is 10.6. The molecule has 2 N–H and O–H groups in total. The molecule has 0 spiro atoms. The molecule has 2 aromatic heterocycles. The molecule has 0 saturated heterocycles. The number of nitrogens with zero attached hydrogens (tertiary/aromatic N) is 4. The van der Waals surface area contributed by atoms with Gasteiger partial charge in [-0.1, -0.05) is 40.6 Å². The number of anilines is 4. The van der Waals surface area contributed by atoms with Crippen molar-refractivity contribution in [1.29, 1.82) is 0 Å². The Morgan fingerprint density at radius 3 is 2.52 bits per heavy atom. The van der Waals surface area contributed by atoms with E-state index in [9.17, 15) is 10.1 Å². The molecule has 0 unspecified atom stereocenters. The molecule has 0 bridgehead atoms. The number of rotatable bonds is 5. The maximum atomic E-state index is 11.7. The van der Waals surface area contributed by atoms with Gasteiger partial charge in [-0.25, -0.2) is 15.0 Å². The van der Waals surface area contributed by atoms with Gasteiger partial charge >= 0.3 is 5.69 Å². The van der Waals surface area contributed by atoms with Crippen LogP contribution in [0.2, 0.25) is 10.0 Å². The fourth-order valence-corrected chi connectivity index (χ4v) is 3.89. The highest BCUT2D eigenvalue weighted by Crippen LogP contribution is 2.36. The third kappa shape index (κ3) is 4.07. The summed E-state index contributed by atoms with van der Waals surface area (Å²) in [5, 5.41) is 18.8. The molecule has 4 rings (SSSR count). The lowest BCUT2D eigenvalue weighted by Gasteiger charge is -2.09. The van der Waals surface area contributed by atoms with Gasteiger partial charge in [-0.2, -0.15) is 0 Å². The van der Waals surface area contributed by atoms with Gasteiger partial charge in [-0.3, -0.25) is 10.1 Å². The minimum Gasteiger partial charge on any atom is -0.334 e. The Bertz CT molecular complexity index is 1250. The number of fused-ring (bicyclic) bond motifs is 1. The van der Waals surface area contributed by atoms with Crippen molar-refractivity contribution in [1.82, 2.24) is 15.0 Å². The number of halogens is 2. The van der Waals surface area contributed by atoms with Crippen LogP contribution in [0.3, 0.4) is 0 Å². The zero-order chi connectivity index (χ0) is 20.5. The molecule has 2 aromatic carbocycles. The van der Waals surface area contributed by atoms with Crippen molar-refractivity contribution < 1.29 is 4.92 Å². The normalized spacial score (nSPS) is 10.9. The summed E-state index contributed by atoms with van der Waals surface area (Å²) >= 11 is 13.3. The van der Waals surface area contributed by atoms with E-state index in [2.05, 4.69) is 25.6 Å². The van der Waals surface area contributed by atoms with Crippen LogP contribution in [0, 0.1) is 17.0 Å². The Balaban J connectivity index is 1.70. The maximum Gasteiger partial charge on any atom is 0.353 e. The van der Waals surface area contributed by atoms with Gasteiger partial charge < -0.3 is 10.6 Å². The Kier molecular flexibility index (Phi) is 5.18. The van der Waals surface area contributed by atoms with Crippen molar-refractivity contribution >= 4 is 72.9 Å². The summed E-state index contributed by atoms with van der Waals surface area (Å²) < 4.78 is 0.971. The van der Waals surface area contributed by atoms with E-state index >= 15 is 0 Å². The van der Waals surface area contributed by atoms with Crippen molar-refractivity contribution in [2.45, 2.75) is 6.92 Å². The van der Waals surface area contributed by atoms with Gasteiger partial charge in [0, 0.05) is 5.69 Å². The monoisotopic (exact) mass is 446 g/mol. The number of hydrogen-bond donors (Lipinski definition) is 2. The van der Waals surface area contributed by atoms with Gasteiger partial charge in [0.25, 0.3) is 0 Å². The largest absolute Gasteiger partial charge is 0.353 e. The molecule has 0 fully saturated rings. The van der Waals surface area contributed by atoms with E-state index in [1.807, 2.05) is 25.1 Å². The van der Waals surface area contributed by atoms with Crippen LogP contribution in [-0.4, -0.2) is 19.9 Å². The van der Waals surface area contributed by atoms with Crippen molar-refractivity contribution in [2.24, 2.45) is 0 Å². The summed E-state index contributed by atoms with van der Waals surface area (Å²) in [4.78, 5) is 23.7. The predicted octanol–water partition coefficient (Wildman–Crippen LogP) is 6.10. The molecular formula is C18H12Cl2N6O2S. The molecular weight excluding hydrogens is 435 g/mol. The van der Waals surface area contributed by atoms with Crippen molar-refractivity contribution in [3.63, 3.8) is 0 Å². The van der Waals surface area contributed by atoms with Crippen molar-refractivity contribution in [3.05, 3.63) is 68.4 Å². The molecule has 2 heterocycles. The quantitative estimate of drug-likeness (QED) is 0.281. The lowest BCUT2D eigenvalue weighted by atomic mass is 10.2. The lowest BCUT2D eigenvalue weighted by Crippen LogP contribution is -2.05. The van der Waals surface area contributed by atoms with Crippen molar-refractivity contribution in [2.75, 3.05) is 10.6 Å². The van der Waals surface area contributed by atoms with Crippen molar-refractivity contribution in [3.8, 4) is 0 Å². The minimum atomic E-state index is -0.556. The van der Waals surface area contributed by atoms with Crippen LogP contribution in [0.25, 0.3) is 10.2 Å². The topological polar surface area (TPSA) is 106 Å². The molecule has 0 amide bonds. The third-order valence-electron chi connectivity index (χ3n) is 3.96. The number of hydrogen-bond acceptors (Lipinski definition) is 8. The van der Waals surface area contributed by atoms with Gasteiger partial charge in [0.2, 0.25) is 11.6 Å². The highest BCUT2D eigenvalue weighted by atomic mass is 35.5. The van der Waals surface area contributed by atoms with Crippen LogP contribution >= 0.6 is 34.5 Å². The standard InChI is InChI=1S/C18H12Cl2N6O2S/c1-9-2-5-13-14(6-9)29-18(24-13)25-17-15(26(27)28)16(21-8-22-17)23-10-3-4-11(19)12(20)7-10/h2-8H,1H3,(H2,21,22,23,24,25). The Morgan fingerprint density at radius 2 is 1.79 bits per heavy atom. The molecule has 0 aliphatic carbocycles. The lowest BCUT2D eigenvalue weighted by molar-refractivity contribution is -0.383. The number of aromatic nitrogens is 3. The van der Waals surface area contributed by atoms with Gasteiger partial charge in [0.1, 0.15) is 6.33 Å². The van der Waals surface area contributed by atoms with E-state index in [-0.39, 0.29) is 17.3 Å². The van der Waals surface area contributed by atoms with E-state index in [4.69, 9.17) is 23.2 Å². The summed E-state index contributed by atoms with van der Waals surface area (Å²) in [6.07, 6.45) is 1.23. The molecule has 146 valence electrons. The Labute approximate surface area is 178 Å². The second-order valence-corrected chi connectivity index (χ2v) is 7.89. The van der Waals surface area contributed by atoms with E-state index < -0.39 is 4.92 Å². The van der Waals surface area contributed by atoms with Crippen LogP contribution in [0.1, 0.15) is 5.56 Å². The average Bonchev–Trinajstić information content (AvgIpc) is 3.06. The first kappa shape index (κ1) is 19.3. The minimum absolute atomic E-state index is 0.0165. The number of thiazole rings is 1. The van der Waals surface area contributed by atoms with Crippen LogP contribution < -0.4 is 10.6 Å². The smallest absolute Gasteiger partial charge is 0.334 e. The number of aryl methyl sites for hydroxylation is 1. The molecule has 0 aliphatic heterocycles. The first-order valence-corrected chi connectivity index (χ1v) is 9.83. The van der Waals surface area contributed by atoms with E-state index in [1.165, 1.54) is 17.7 Å². The van der Waals surface area contributed by atoms with Gasteiger partial charge in [0.05, 0.1) is 25.2 Å². The average molecular weight is 447 g/mol. The molecule has 0 radical (unpaired) electrons. The second-order valence-electron chi connectivity index (χ2n) is 6.05. The summed E-state index contributed by atoms with van der Waals surface area (Å²) in [7, 11) is 0. The van der Waals surface area contributed by atoms with Crippen LogP contribution in [0.4, 0.5) is 28.1 Å². The second kappa shape index (κ2) is 7.78. The zero-order valence-electron chi connectivity index (χ0n) is 14.8. The maximum absolute atomic E-state index is 11.7. The highest BCUT2D eigenvalue weighted by molar-refractivity contribution is 7.22. The molecule has 8 nitrogen and oxygen atoms in total. The van der Waals surface area contributed by atoms with Crippen LogP contribution in [-0.2, 0) is 0 Å². The SMILES string of the molecule is Cc1ccc2nc(Nc3ncnc(Nc4ccc(Cl)c(Cl)c4)c3[N+](=O)[O-])sc2c1. The molecule has 4 aromatic rings. The number of nitrogens with one attached hydrogen (secondary N) is 2. The van der Waals surface area contributed by atoms with E-state index in [1.54, 1.807) is 18.2 Å². The third-order valence-corrected chi connectivity index (χ3v) is 5.63. The predicted molar refractivity (Wildman–Crippen MR) is 116 cm³/mol. The summed E-state index contributed by atoms with van der Waals surface area (Å²) in [5.41, 5.74) is 2.10. The van der Waals surface area contributed by atoms with Crippen LogP contribution in [0.5, 0.6) is 0 Å². The Hall–Kier alpha value is -3.01. The fraction of sp³-hybridized carbons (Fsp3) is 0.0556. The van der Waals surface area contributed by atoms with Crippen LogP contribution in [0.15, 0.2) is 42.7 Å². The van der Waals surface area contributed by atoms with Gasteiger partial charge in [-0.15, -0.1) is 0 Å². The molecule has 0 aliphatic rings. The molecule has 29 heavy (non-hydrogen) atoms. The fourth-order valence-electron chi connectivity index (χ4n) is 2.63. The highest BCUT2D eigenvalue weighted by Gasteiger charge is 2.24. The zero-order valence-corrected chi connectivity index (χ0v) is 17.1. The molecule has 0 atom stereocenters. The molecule has 11 heteroatoms. The van der Waals surface area contributed by atoms with E-state index in [0.717, 1.165) is 15.8 Å². The first-order valence-electron chi connectivity index (χ1n) is 8.26.